The molecule has 3 aromatic rings. The summed E-state index contributed by atoms with van der Waals surface area (Å²) in [5.41, 5.74) is 2.36. The van der Waals surface area contributed by atoms with Gasteiger partial charge in [-0.1, -0.05) is 17.3 Å². The third-order valence-corrected chi connectivity index (χ3v) is 5.45. The molecule has 28 heavy (non-hydrogen) atoms. The Hall–Kier alpha value is -2.67. The summed E-state index contributed by atoms with van der Waals surface area (Å²) in [6.45, 7) is 6.62. The van der Waals surface area contributed by atoms with Gasteiger partial charge in [0.25, 0.3) is 5.91 Å². The number of para-hydroxylation sites is 2. The molecule has 1 amide bonds. The highest BCUT2D eigenvalue weighted by molar-refractivity contribution is 5.92. The van der Waals surface area contributed by atoms with Gasteiger partial charge in [0.05, 0.1) is 17.6 Å². The van der Waals surface area contributed by atoms with E-state index in [0.29, 0.717) is 18.0 Å². The van der Waals surface area contributed by atoms with Crippen molar-refractivity contribution >= 4 is 16.9 Å². The molecule has 1 aliphatic heterocycles. The Morgan fingerprint density at radius 1 is 1.25 bits per heavy atom. The molecule has 0 atom stereocenters. The first kappa shape index (κ1) is 18.7. The topological polar surface area (TPSA) is 67.4 Å². The summed E-state index contributed by atoms with van der Waals surface area (Å²) in [6.07, 6.45) is 3.57. The number of carbonyl (C=O) groups is 1. The smallest absolute Gasteiger partial charge is 0.275 e. The maximum absolute atomic E-state index is 12.6. The lowest BCUT2D eigenvalue weighted by molar-refractivity contribution is 0.0779. The van der Waals surface area contributed by atoms with Crippen LogP contribution >= 0.6 is 0 Å². The fourth-order valence-electron chi connectivity index (χ4n) is 3.87. The number of hydrogen-bond donors (Lipinski definition) is 0. The minimum atomic E-state index is -0.0939. The number of likely N-dealkylation sites (tertiary alicyclic amines) is 1. The highest BCUT2D eigenvalue weighted by Gasteiger charge is 2.19. The number of imidazole rings is 1. The molecule has 7 heteroatoms. The van der Waals surface area contributed by atoms with Gasteiger partial charge in [0, 0.05) is 19.7 Å². The number of rotatable bonds is 7. The summed E-state index contributed by atoms with van der Waals surface area (Å²) in [6, 6.07) is 9.74. The van der Waals surface area contributed by atoms with Crippen molar-refractivity contribution in [1.82, 2.24) is 24.5 Å². The molecule has 0 bridgehead atoms. The predicted molar refractivity (Wildman–Crippen MR) is 107 cm³/mol. The monoisotopic (exact) mass is 381 g/mol. The third kappa shape index (κ3) is 3.94. The minimum absolute atomic E-state index is 0.0939. The van der Waals surface area contributed by atoms with Gasteiger partial charge in [-0.25, -0.2) is 4.98 Å². The lowest BCUT2D eigenvalue weighted by Crippen LogP contribution is -2.30. The zero-order valence-corrected chi connectivity index (χ0v) is 16.6. The average molecular weight is 381 g/mol. The molecule has 1 aromatic carbocycles. The van der Waals surface area contributed by atoms with E-state index in [1.807, 2.05) is 38.2 Å². The fourth-order valence-corrected chi connectivity index (χ4v) is 3.87. The predicted octanol–water partition coefficient (Wildman–Crippen LogP) is 2.94. The first-order chi connectivity index (χ1) is 13.6. The molecule has 1 saturated heterocycles. The van der Waals surface area contributed by atoms with Gasteiger partial charge in [0.1, 0.15) is 5.82 Å². The van der Waals surface area contributed by atoms with Gasteiger partial charge in [0.2, 0.25) is 0 Å². The van der Waals surface area contributed by atoms with Crippen molar-refractivity contribution < 1.29 is 9.32 Å². The van der Waals surface area contributed by atoms with Crippen LogP contribution in [0.3, 0.4) is 0 Å². The van der Waals surface area contributed by atoms with E-state index in [0.717, 1.165) is 36.4 Å². The van der Waals surface area contributed by atoms with Gasteiger partial charge >= 0.3 is 0 Å². The van der Waals surface area contributed by atoms with E-state index in [1.165, 1.54) is 25.9 Å². The van der Waals surface area contributed by atoms with Crippen LogP contribution in [0, 0.1) is 6.92 Å². The van der Waals surface area contributed by atoms with Crippen molar-refractivity contribution in [3.8, 4) is 0 Å². The first-order valence-corrected chi connectivity index (χ1v) is 9.97. The molecule has 148 valence electrons. The Morgan fingerprint density at radius 2 is 2.04 bits per heavy atom. The van der Waals surface area contributed by atoms with Gasteiger partial charge in [-0.2, -0.15) is 0 Å². The Balaban J connectivity index is 1.37. The standard InChI is InChI=1S/C21H27N5O2/c1-16-22-18-8-3-4-9-20(18)26(16)15-17-14-19(23-28-17)21(27)24(2)10-7-13-25-11-5-6-12-25/h3-4,8-9,14H,5-7,10-13,15H2,1-2H3. The number of nitrogens with zero attached hydrogens (tertiary/aromatic N) is 5. The number of benzene rings is 1. The van der Waals surface area contributed by atoms with Crippen molar-refractivity contribution in [3.63, 3.8) is 0 Å². The molecular weight excluding hydrogens is 354 g/mol. The van der Waals surface area contributed by atoms with Crippen LogP contribution in [0.4, 0.5) is 0 Å². The number of carbonyl (C=O) groups excluding carboxylic acids is 1. The maximum atomic E-state index is 12.6. The van der Waals surface area contributed by atoms with Crippen LogP contribution in [0.15, 0.2) is 34.9 Å². The Labute approximate surface area is 164 Å². The highest BCUT2D eigenvalue weighted by Crippen LogP contribution is 2.18. The average Bonchev–Trinajstić information content (AvgIpc) is 3.43. The molecule has 0 saturated carbocycles. The molecule has 2 aromatic heterocycles. The summed E-state index contributed by atoms with van der Waals surface area (Å²) in [5.74, 6) is 1.47. The number of hydrogen-bond acceptors (Lipinski definition) is 5. The van der Waals surface area contributed by atoms with Crippen molar-refractivity contribution in [2.75, 3.05) is 33.2 Å². The number of aryl methyl sites for hydroxylation is 1. The lowest BCUT2D eigenvalue weighted by atomic mass is 10.3. The zero-order valence-electron chi connectivity index (χ0n) is 16.6. The molecule has 0 unspecified atom stereocenters. The normalized spacial score (nSPS) is 14.8. The molecule has 3 heterocycles. The molecule has 7 nitrogen and oxygen atoms in total. The van der Waals surface area contributed by atoms with Crippen LogP contribution < -0.4 is 0 Å². The van der Waals surface area contributed by atoms with E-state index in [4.69, 9.17) is 4.52 Å². The number of amides is 1. The second-order valence-electron chi connectivity index (χ2n) is 7.54. The van der Waals surface area contributed by atoms with Crippen LogP contribution in [0.25, 0.3) is 11.0 Å². The summed E-state index contributed by atoms with van der Waals surface area (Å²) in [5, 5.41) is 4.00. The molecule has 4 rings (SSSR count). The Morgan fingerprint density at radius 3 is 2.86 bits per heavy atom. The van der Waals surface area contributed by atoms with Crippen LogP contribution in [0.5, 0.6) is 0 Å². The lowest BCUT2D eigenvalue weighted by Gasteiger charge is -2.18. The third-order valence-electron chi connectivity index (χ3n) is 5.45. The van der Waals surface area contributed by atoms with Crippen LogP contribution in [0.1, 0.15) is 41.3 Å². The van der Waals surface area contributed by atoms with E-state index in [2.05, 4.69) is 19.6 Å². The van der Waals surface area contributed by atoms with E-state index < -0.39 is 0 Å². The second kappa shape index (κ2) is 8.14. The van der Waals surface area contributed by atoms with Gasteiger partial charge in [-0.05, 0) is 58.0 Å². The van der Waals surface area contributed by atoms with Crippen molar-refractivity contribution in [1.29, 1.82) is 0 Å². The van der Waals surface area contributed by atoms with Gasteiger partial charge < -0.3 is 18.9 Å². The molecule has 0 radical (unpaired) electrons. The molecule has 1 fully saturated rings. The fraction of sp³-hybridized carbons (Fsp3) is 0.476. The van der Waals surface area contributed by atoms with Crippen molar-refractivity contribution in [3.05, 3.63) is 47.6 Å². The molecule has 1 aliphatic rings. The maximum Gasteiger partial charge on any atom is 0.275 e. The van der Waals surface area contributed by atoms with Gasteiger partial charge in [-0.3, -0.25) is 4.79 Å². The first-order valence-electron chi connectivity index (χ1n) is 9.97. The molecular formula is C21H27N5O2. The van der Waals surface area contributed by atoms with E-state index in [-0.39, 0.29) is 5.91 Å². The van der Waals surface area contributed by atoms with Crippen molar-refractivity contribution in [2.24, 2.45) is 0 Å². The van der Waals surface area contributed by atoms with Crippen molar-refractivity contribution in [2.45, 2.75) is 32.7 Å². The summed E-state index contributed by atoms with van der Waals surface area (Å²) < 4.78 is 7.52. The second-order valence-corrected chi connectivity index (χ2v) is 7.54. The van der Waals surface area contributed by atoms with Gasteiger partial charge in [0.15, 0.2) is 11.5 Å². The minimum Gasteiger partial charge on any atom is -0.359 e. The number of aromatic nitrogens is 3. The van der Waals surface area contributed by atoms with Crippen LogP contribution in [-0.4, -0.2) is 63.6 Å². The van der Waals surface area contributed by atoms with E-state index >= 15 is 0 Å². The SMILES string of the molecule is Cc1nc2ccccc2n1Cc1cc(C(=O)N(C)CCCN2CCCC2)no1. The zero-order chi connectivity index (χ0) is 19.5. The van der Waals surface area contributed by atoms with Crippen LogP contribution in [0.2, 0.25) is 0 Å². The van der Waals surface area contributed by atoms with E-state index in [1.54, 1.807) is 11.0 Å². The Bertz CT molecular complexity index is 955. The molecule has 0 N–H and O–H groups in total. The Kier molecular flexibility index (Phi) is 5.43. The summed E-state index contributed by atoms with van der Waals surface area (Å²) in [4.78, 5) is 21.4. The van der Waals surface area contributed by atoms with Crippen LogP contribution in [-0.2, 0) is 6.54 Å². The largest absolute Gasteiger partial charge is 0.359 e. The molecule has 0 aliphatic carbocycles. The quantitative estimate of drug-likeness (QED) is 0.629. The summed E-state index contributed by atoms with van der Waals surface area (Å²) >= 11 is 0. The highest BCUT2D eigenvalue weighted by atomic mass is 16.5. The van der Waals surface area contributed by atoms with Gasteiger partial charge in [-0.15, -0.1) is 0 Å². The molecule has 0 spiro atoms. The summed E-state index contributed by atoms with van der Waals surface area (Å²) in [7, 11) is 1.83. The number of fused-ring (bicyclic) bond motifs is 1. The van der Waals surface area contributed by atoms with E-state index in [9.17, 15) is 4.79 Å².